The predicted molar refractivity (Wildman–Crippen MR) is 115 cm³/mol. The Hall–Kier alpha value is -3.32. The van der Waals surface area contributed by atoms with Crippen molar-refractivity contribution in [1.82, 2.24) is 15.1 Å². The Labute approximate surface area is 179 Å². The van der Waals surface area contributed by atoms with Gasteiger partial charge < -0.3 is 14.8 Å². The molecule has 3 aromatic rings. The van der Waals surface area contributed by atoms with Crippen molar-refractivity contribution in [3.8, 4) is 22.8 Å². The SMILES string of the molecule is COc1ccc(-c2ccc(=O)n(CCNC(=O)Cc3ccccc3Cl)n2)cc1OC. The van der Waals surface area contributed by atoms with E-state index in [0.717, 1.165) is 11.1 Å². The van der Waals surface area contributed by atoms with E-state index in [2.05, 4.69) is 10.4 Å². The van der Waals surface area contributed by atoms with Gasteiger partial charge >= 0.3 is 0 Å². The van der Waals surface area contributed by atoms with Gasteiger partial charge in [0, 0.05) is 23.2 Å². The van der Waals surface area contributed by atoms with Gasteiger partial charge in [0.15, 0.2) is 11.5 Å². The van der Waals surface area contributed by atoms with Gasteiger partial charge in [0.05, 0.1) is 32.9 Å². The molecule has 0 fully saturated rings. The van der Waals surface area contributed by atoms with E-state index in [9.17, 15) is 9.59 Å². The second-order valence-corrected chi connectivity index (χ2v) is 6.88. The number of rotatable bonds is 8. The zero-order valence-electron chi connectivity index (χ0n) is 16.7. The number of halogens is 1. The molecule has 0 aliphatic rings. The molecule has 1 N–H and O–H groups in total. The highest BCUT2D eigenvalue weighted by Gasteiger charge is 2.10. The fraction of sp³-hybridized carbons (Fsp3) is 0.227. The average Bonchev–Trinajstić information content (AvgIpc) is 2.76. The summed E-state index contributed by atoms with van der Waals surface area (Å²) in [5, 5.41) is 7.75. The summed E-state index contributed by atoms with van der Waals surface area (Å²) in [6, 6.07) is 15.7. The molecule has 1 heterocycles. The number of carbonyl (C=O) groups excluding carboxylic acids is 1. The Kier molecular flexibility index (Phi) is 7.08. The molecule has 0 bridgehead atoms. The first-order chi connectivity index (χ1) is 14.5. The van der Waals surface area contributed by atoms with E-state index in [0.29, 0.717) is 22.2 Å². The van der Waals surface area contributed by atoms with Crippen LogP contribution in [0.15, 0.2) is 59.4 Å². The van der Waals surface area contributed by atoms with Crippen LogP contribution in [0.3, 0.4) is 0 Å². The summed E-state index contributed by atoms with van der Waals surface area (Å²) in [5.41, 5.74) is 1.89. The third-order valence-electron chi connectivity index (χ3n) is 4.50. The van der Waals surface area contributed by atoms with Gasteiger partial charge in [-0.1, -0.05) is 29.8 Å². The van der Waals surface area contributed by atoms with Crippen molar-refractivity contribution < 1.29 is 14.3 Å². The van der Waals surface area contributed by atoms with Crippen LogP contribution < -0.4 is 20.3 Å². The van der Waals surface area contributed by atoms with Gasteiger partial charge in [0.1, 0.15) is 0 Å². The molecule has 1 aromatic heterocycles. The van der Waals surface area contributed by atoms with Crippen molar-refractivity contribution in [2.75, 3.05) is 20.8 Å². The Balaban J connectivity index is 1.67. The second-order valence-electron chi connectivity index (χ2n) is 6.47. The highest BCUT2D eigenvalue weighted by molar-refractivity contribution is 6.31. The van der Waals surface area contributed by atoms with Gasteiger partial charge in [0.25, 0.3) is 5.56 Å². The molecule has 7 nitrogen and oxygen atoms in total. The Morgan fingerprint density at radius 3 is 2.57 bits per heavy atom. The Morgan fingerprint density at radius 2 is 1.83 bits per heavy atom. The molecule has 0 saturated heterocycles. The summed E-state index contributed by atoms with van der Waals surface area (Å²) < 4.78 is 11.9. The first kappa shape index (κ1) is 21.4. The second kappa shape index (κ2) is 9.93. The molecule has 0 aliphatic heterocycles. The third-order valence-corrected chi connectivity index (χ3v) is 4.87. The lowest BCUT2D eigenvalue weighted by Gasteiger charge is -2.11. The molecule has 156 valence electrons. The van der Waals surface area contributed by atoms with E-state index in [1.165, 1.54) is 10.7 Å². The largest absolute Gasteiger partial charge is 0.493 e. The van der Waals surface area contributed by atoms with Crippen molar-refractivity contribution in [1.29, 1.82) is 0 Å². The van der Waals surface area contributed by atoms with Crippen LogP contribution in [0.4, 0.5) is 0 Å². The van der Waals surface area contributed by atoms with E-state index >= 15 is 0 Å². The number of aromatic nitrogens is 2. The van der Waals surface area contributed by atoms with Gasteiger partial charge in [-0.3, -0.25) is 9.59 Å². The predicted octanol–water partition coefficient (Wildman–Crippen LogP) is 2.94. The van der Waals surface area contributed by atoms with E-state index in [4.69, 9.17) is 21.1 Å². The highest BCUT2D eigenvalue weighted by Crippen LogP contribution is 2.31. The third kappa shape index (κ3) is 5.18. The summed E-state index contributed by atoms with van der Waals surface area (Å²) in [4.78, 5) is 24.3. The topological polar surface area (TPSA) is 82.5 Å². The highest BCUT2D eigenvalue weighted by atomic mass is 35.5. The molecule has 0 radical (unpaired) electrons. The van der Waals surface area contributed by atoms with Crippen molar-refractivity contribution in [3.05, 3.63) is 75.5 Å². The van der Waals surface area contributed by atoms with Gasteiger partial charge in [-0.25, -0.2) is 4.68 Å². The maximum Gasteiger partial charge on any atom is 0.266 e. The Morgan fingerprint density at radius 1 is 1.07 bits per heavy atom. The molecule has 3 rings (SSSR count). The van der Waals surface area contributed by atoms with Crippen LogP contribution in [0.2, 0.25) is 5.02 Å². The van der Waals surface area contributed by atoms with Crippen molar-refractivity contribution >= 4 is 17.5 Å². The van der Waals surface area contributed by atoms with Gasteiger partial charge in [-0.05, 0) is 35.9 Å². The summed E-state index contributed by atoms with van der Waals surface area (Å²) >= 11 is 6.08. The fourth-order valence-electron chi connectivity index (χ4n) is 2.94. The van der Waals surface area contributed by atoms with Gasteiger partial charge in [0.2, 0.25) is 5.91 Å². The van der Waals surface area contributed by atoms with Crippen molar-refractivity contribution in [2.45, 2.75) is 13.0 Å². The molecular weight excluding hydrogens is 406 g/mol. The summed E-state index contributed by atoms with van der Waals surface area (Å²) in [7, 11) is 3.12. The molecule has 0 atom stereocenters. The smallest absolute Gasteiger partial charge is 0.266 e. The lowest BCUT2D eigenvalue weighted by Crippen LogP contribution is -2.32. The number of ether oxygens (including phenoxy) is 2. The number of nitrogens with one attached hydrogen (secondary N) is 1. The van der Waals surface area contributed by atoms with Crippen LogP contribution in [0, 0.1) is 0 Å². The van der Waals surface area contributed by atoms with Crippen molar-refractivity contribution in [2.24, 2.45) is 0 Å². The van der Waals surface area contributed by atoms with Gasteiger partial charge in [-0.15, -0.1) is 0 Å². The zero-order chi connectivity index (χ0) is 21.5. The van der Waals surface area contributed by atoms with Crippen LogP contribution in [-0.4, -0.2) is 36.5 Å². The first-order valence-corrected chi connectivity index (χ1v) is 9.70. The normalized spacial score (nSPS) is 10.5. The molecule has 0 spiro atoms. The summed E-state index contributed by atoms with van der Waals surface area (Å²) in [6.07, 6.45) is 0.174. The van der Waals surface area contributed by atoms with E-state index in [1.54, 1.807) is 44.6 Å². The minimum Gasteiger partial charge on any atom is -0.493 e. The lowest BCUT2D eigenvalue weighted by atomic mass is 10.1. The standard InChI is InChI=1S/C22H22ClN3O4/c1-29-19-9-7-16(13-20(19)30-2)18-8-10-22(28)26(25-18)12-11-24-21(27)14-15-5-3-4-6-17(15)23/h3-10,13H,11-12,14H2,1-2H3,(H,24,27). The average molecular weight is 428 g/mol. The molecule has 0 aliphatic carbocycles. The zero-order valence-corrected chi connectivity index (χ0v) is 17.5. The number of carbonyl (C=O) groups is 1. The molecule has 8 heteroatoms. The van der Waals surface area contributed by atoms with Crippen LogP contribution in [0.25, 0.3) is 11.3 Å². The maximum atomic E-state index is 12.2. The molecule has 30 heavy (non-hydrogen) atoms. The molecule has 2 aromatic carbocycles. The quantitative estimate of drug-likeness (QED) is 0.597. The molecule has 0 unspecified atom stereocenters. The molecule has 1 amide bonds. The molecule has 0 saturated carbocycles. The number of methoxy groups -OCH3 is 2. The van der Waals surface area contributed by atoms with E-state index in [-0.39, 0.29) is 31.0 Å². The maximum absolute atomic E-state index is 12.2. The van der Waals surface area contributed by atoms with Crippen LogP contribution in [-0.2, 0) is 17.8 Å². The lowest BCUT2D eigenvalue weighted by molar-refractivity contribution is -0.120. The Bertz CT molecular complexity index is 1100. The molecular formula is C22H22ClN3O4. The van der Waals surface area contributed by atoms with Crippen LogP contribution in [0.1, 0.15) is 5.56 Å². The van der Waals surface area contributed by atoms with Crippen molar-refractivity contribution in [3.63, 3.8) is 0 Å². The van der Waals surface area contributed by atoms with E-state index in [1.807, 2.05) is 18.2 Å². The minimum absolute atomic E-state index is 0.174. The van der Waals surface area contributed by atoms with Crippen LogP contribution >= 0.6 is 11.6 Å². The number of hydrogen-bond acceptors (Lipinski definition) is 5. The van der Waals surface area contributed by atoms with Gasteiger partial charge in [-0.2, -0.15) is 5.10 Å². The first-order valence-electron chi connectivity index (χ1n) is 9.32. The minimum atomic E-state index is -0.250. The summed E-state index contributed by atoms with van der Waals surface area (Å²) in [6.45, 7) is 0.514. The monoisotopic (exact) mass is 427 g/mol. The van der Waals surface area contributed by atoms with E-state index < -0.39 is 0 Å². The number of benzene rings is 2. The fourth-order valence-corrected chi connectivity index (χ4v) is 3.14. The number of nitrogens with zero attached hydrogens (tertiary/aromatic N) is 2. The van der Waals surface area contributed by atoms with Crippen LogP contribution in [0.5, 0.6) is 11.5 Å². The summed E-state index contributed by atoms with van der Waals surface area (Å²) in [5.74, 6) is 1.00. The number of amides is 1. The number of hydrogen-bond donors (Lipinski definition) is 1.